The molecular formula is C15H21BrN4. The van der Waals surface area contributed by atoms with Crippen molar-refractivity contribution in [2.24, 2.45) is 12.8 Å². The molecule has 20 heavy (non-hydrogen) atoms. The summed E-state index contributed by atoms with van der Waals surface area (Å²) in [5.41, 5.74) is 10.5. The van der Waals surface area contributed by atoms with Crippen molar-refractivity contribution in [2.45, 2.75) is 26.3 Å². The molecule has 0 saturated carbocycles. The van der Waals surface area contributed by atoms with Crippen molar-refractivity contribution in [3.05, 3.63) is 45.7 Å². The van der Waals surface area contributed by atoms with Crippen LogP contribution in [0.3, 0.4) is 0 Å². The smallest absolute Gasteiger partial charge is 0.0674 e. The first-order valence-electron chi connectivity index (χ1n) is 6.79. The molecule has 1 aromatic carbocycles. The van der Waals surface area contributed by atoms with Gasteiger partial charge in [-0.1, -0.05) is 22.9 Å². The summed E-state index contributed by atoms with van der Waals surface area (Å²) in [6.45, 7) is 4.72. The summed E-state index contributed by atoms with van der Waals surface area (Å²) >= 11 is 3.53. The maximum Gasteiger partial charge on any atom is 0.0674 e. The zero-order chi connectivity index (χ0) is 14.7. The highest BCUT2D eigenvalue weighted by Crippen LogP contribution is 2.25. The molecule has 0 amide bonds. The van der Waals surface area contributed by atoms with E-state index in [0.29, 0.717) is 6.54 Å². The highest BCUT2D eigenvalue weighted by atomic mass is 79.9. The number of nitrogens with one attached hydrogen (secondary N) is 1. The molecule has 1 atom stereocenters. The van der Waals surface area contributed by atoms with Gasteiger partial charge < -0.3 is 11.1 Å². The summed E-state index contributed by atoms with van der Waals surface area (Å²) in [4.78, 5) is 0. The molecule has 2 aromatic rings. The SMILES string of the molecule is CCc1nn(C)cc1C(CN)Nc1cc(C)cc(Br)c1. The number of anilines is 1. The van der Waals surface area contributed by atoms with E-state index in [1.54, 1.807) is 0 Å². The van der Waals surface area contributed by atoms with E-state index in [2.05, 4.69) is 58.4 Å². The molecule has 108 valence electrons. The van der Waals surface area contributed by atoms with Crippen LogP contribution < -0.4 is 11.1 Å². The Bertz CT molecular complexity index is 571. The monoisotopic (exact) mass is 336 g/mol. The number of benzene rings is 1. The van der Waals surface area contributed by atoms with Gasteiger partial charge in [0.05, 0.1) is 11.7 Å². The van der Waals surface area contributed by atoms with Crippen molar-refractivity contribution < 1.29 is 0 Å². The second-order valence-electron chi connectivity index (χ2n) is 5.01. The third-order valence-corrected chi connectivity index (χ3v) is 3.72. The summed E-state index contributed by atoms with van der Waals surface area (Å²) < 4.78 is 2.92. The van der Waals surface area contributed by atoms with Gasteiger partial charge in [-0.05, 0) is 37.1 Å². The van der Waals surface area contributed by atoms with E-state index < -0.39 is 0 Å². The molecular weight excluding hydrogens is 316 g/mol. The molecule has 1 aromatic heterocycles. The van der Waals surface area contributed by atoms with Crippen LogP contribution >= 0.6 is 15.9 Å². The normalized spacial score (nSPS) is 12.4. The predicted molar refractivity (Wildman–Crippen MR) is 86.9 cm³/mol. The Morgan fingerprint density at radius 2 is 2.15 bits per heavy atom. The first-order valence-corrected chi connectivity index (χ1v) is 7.59. The van der Waals surface area contributed by atoms with Gasteiger partial charge in [0.1, 0.15) is 0 Å². The van der Waals surface area contributed by atoms with Crippen molar-refractivity contribution in [3.63, 3.8) is 0 Å². The highest BCUT2D eigenvalue weighted by Gasteiger charge is 2.16. The van der Waals surface area contributed by atoms with Crippen LogP contribution in [0.15, 0.2) is 28.9 Å². The fourth-order valence-electron chi connectivity index (χ4n) is 2.40. The molecule has 0 aliphatic rings. The van der Waals surface area contributed by atoms with Gasteiger partial charge in [-0.25, -0.2) is 0 Å². The quantitative estimate of drug-likeness (QED) is 0.881. The third-order valence-electron chi connectivity index (χ3n) is 3.27. The Hall–Kier alpha value is -1.33. The average molecular weight is 337 g/mol. The van der Waals surface area contributed by atoms with Gasteiger partial charge in [0.15, 0.2) is 0 Å². The van der Waals surface area contributed by atoms with Gasteiger partial charge in [0, 0.05) is 35.5 Å². The van der Waals surface area contributed by atoms with Crippen LogP contribution in [-0.4, -0.2) is 16.3 Å². The maximum atomic E-state index is 5.95. The number of aromatic nitrogens is 2. The number of nitrogens with zero attached hydrogens (tertiary/aromatic N) is 2. The van der Waals surface area contributed by atoms with Crippen LogP contribution in [0.25, 0.3) is 0 Å². The molecule has 0 saturated heterocycles. The van der Waals surface area contributed by atoms with Crippen LogP contribution in [0.4, 0.5) is 5.69 Å². The molecule has 1 heterocycles. The molecule has 0 aliphatic carbocycles. The lowest BCUT2D eigenvalue weighted by molar-refractivity contribution is 0.746. The van der Waals surface area contributed by atoms with Crippen LogP contribution in [0, 0.1) is 6.92 Å². The highest BCUT2D eigenvalue weighted by molar-refractivity contribution is 9.10. The Morgan fingerprint density at radius 1 is 1.40 bits per heavy atom. The molecule has 1 unspecified atom stereocenters. The maximum absolute atomic E-state index is 5.95. The number of nitrogens with two attached hydrogens (primary N) is 1. The van der Waals surface area contributed by atoms with Gasteiger partial charge in [0.25, 0.3) is 0 Å². The number of aryl methyl sites for hydroxylation is 3. The van der Waals surface area contributed by atoms with Gasteiger partial charge >= 0.3 is 0 Å². The van der Waals surface area contributed by atoms with E-state index in [4.69, 9.17) is 5.73 Å². The largest absolute Gasteiger partial charge is 0.377 e. The van der Waals surface area contributed by atoms with Crippen LogP contribution in [0.1, 0.15) is 29.8 Å². The summed E-state index contributed by atoms with van der Waals surface area (Å²) in [6.07, 6.45) is 2.96. The summed E-state index contributed by atoms with van der Waals surface area (Å²) in [5.74, 6) is 0. The van der Waals surface area contributed by atoms with Crippen molar-refractivity contribution in [3.8, 4) is 0 Å². The number of rotatable bonds is 5. The predicted octanol–water partition coefficient (Wildman–Crippen LogP) is 3.17. The minimum Gasteiger partial charge on any atom is -0.377 e. The molecule has 0 spiro atoms. The Morgan fingerprint density at radius 3 is 2.75 bits per heavy atom. The molecule has 0 radical (unpaired) electrons. The van der Waals surface area contributed by atoms with E-state index >= 15 is 0 Å². The Labute approximate surface area is 128 Å². The van der Waals surface area contributed by atoms with Gasteiger partial charge in [-0.15, -0.1) is 0 Å². The fraction of sp³-hybridized carbons (Fsp3) is 0.400. The lowest BCUT2D eigenvalue weighted by atomic mass is 10.1. The number of hydrogen-bond acceptors (Lipinski definition) is 3. The summed E-state index contributed by atoms with van der Waals surface area (Å²) in [6, 6.07) is 6.35. The van der Waals surface area contributed by atoms with Crippen LogP contribution in [0.2, 0.25) is 0 Å². The third kappa shape index (κ3) is 3.41. The zero-order valence-corrected chi connectivity index (χ0v) is 13.7. The molecule has 5 heteroatoms. The summed E-state index contributed by atoms with van der Waals surface area (Å²) in [7, 11) is 1.94. The van der Waals surface area contributed by atoms with Crippen LogP contribution in [-0.2, 0) is 13.5 Å². The van der Waals surface area contributed by atoms with E-state index in [-0.39, 0.29) is 6.04 Å². The Kier molecular flexibility index (Phi) is 4.83. The minimum absolute atomic E-state index is 0.0762. The molecule has 2 rings (SSSR count). The number of halogens is 1. The topological polar surface area (TPSA) is 55.9 Å². The molecule has 0 aliphatic heterocycles. The van der Waals surface area contributed by atoms with E-state index in [0.717, 1.165) is 22.3 Å². The van der Waals surface area contributed by atoms with Crippen molar-refractivity contribution in [2.75, 3.05) is 11.9 Å². The standard InChI is InChI=1S/C15H21BrN4/c1-4-14-13(9-20(3)19-14)15(8-17)18-12-6-10(2)5-11(16)7-12/h5-7,9,15,18H,4,8,17H2,1-3H3. The van der Waals surface area contributed by atoms with Crippen molar-refractivity contribution in [1.29, 1.82) is 0 Å². The van der Waals surface area contributed by atoms with Crippen molar-refractivity contribution >= 4 is 21.6 Å². The molecule has 3 N–H and O–H groups in total. The van der Waals surface area contributed by atoms with Crippen molar-refractivity contribution in [1.82, 2.24) is 9.78 Å². The van der Waals surface area contributed by atoms with E-state index in [1.165, 1.54) is 11.1 Å². The summed E-state index contributed by atoms with van der Waals surface area (Å²) in [5, 5.41) is 7.99. The first kappa shape index (κ1) is 15.1. The minimum atomic E-state index is 0.0762. The number of hydrogen-bond donors (Lipinski definition) is 2. The molecule has 4 nitrogen and oxygen atoms in total. The Balaban J connectivity index is 2.28. The van der Waals surface area contributed by atoms with Gasteiger partial charge in [-0.2, -0.15) is 5.10 Å². The molecule has 0 fully saturated rings. The fourth-order valence-corrected chi connectivity index (χ4v) is 3.01. The first-order chi connectivity index (χ1) is 9.53. The van der Waals surface area contributed by atoms with E-state index in [9.17, 15) is 0 Å². The molecule has 0 bridgehead atoms. The second-order valence-corrected chi connectivity index (χ2v) is 5.92. The van der Waals surface area contributed by atoms with Gasteiger partial charge in [0.2, 0.25) is 0 Å². The van der Waals surface area contributed by atoms with Crippen LogP contribution in [0.5, 0.6) is 0 Å². The second kappa shape index (κ2) is 6.41. The lowest BCUT2D eigenvalue weighted by Crippen LogP contribution is -2.21. The van der Waals surface area contributed by atoms with E-state index in [1.807, 2.05) is 17.9 Å². The lowest BCUT2D eigenvalue weighted by Gasteiger charge is -2.18. The zero-order valence-electron chi connectivity index (χ0n) is 12.2. The average Bonchev–Trinajstić information content (AvgIpc) is 2.76. The van der Waals surface area contributed by atoms with Gasteiger partial charge in [-0.3, -0.25) is 4.68 Å².